The lowest BCUT2D eigenvalue weighted by atomic mass is 10.0. The molecule has 0 aromatic carbocycles. The van der Waals surface area contributed by atoms with Crippen LogP contribution in [0.4, 0.5) is 0 Å². The molecule has 0 radical (unpaired) electrons. The molecule has 0 aliphatic heterocycles. The van der Waals surface area contributed by atoms with Crippen molar-refractivity contribution in [2.45, 2.75) is 31.1 Å². The highest BCUT2D eigenvalue weighted by Gasteiger charge is 2.53. The van der Waals surface area contributed by atoms with Gasteiger partial charge in [0, 0.05) is 12.5 Å². The summed E-state index contributed by atoms with van der Waals surface area (Å²) >= 11 is 0. The van der Waals surface area contributed by atoms with E-state index >= 15 is 0 Å². The maximum Gasteiger partial charge on any atom is 0.340 e. The van der Waals surface area contributed by atoms with E-state index in [0.29, 0.717) is 12.8 Å². The molecule has 13 heteroatoms. The number of carbonyl (C=O) groups is 2. The molecule has 11 nitrogen and oxygen atoms in total. The highest BCUT2D eigenvalue weighted by atomic mass is 31.2. The second kappa shape index (κ2) is 8.89. The van der Waals surface area contributed by atoms with Crippen LogP contribution in [0.1, 0.15) is 19.8 Å². The third-order valence-corrected chi connectivity index (χ3v) is 5.65. The van der Waals surface area contributed by atoms with Crippen LogP contribution in [0.2, 0.25) is 0 Å². The number of hydrogen-bond donors (Lipinski definition) is 6. The smallest absolute Gasteiger partial charge is 0.340 e. The fourth-order valence-corrected chi connectivity index (χ4v) is 4.20. The largest absolute Gasteiger partial charge is 0.481 e. The lowest BCUT2D eigenvalue weighted by molar-refractivity contribution is -0.141. The third kappa shape index (κ3) is 7.09. The van der Waals surface area contributed by atoms with Crippen LogP contribution < -0.4 is 0 Å². The standard InChI is InChI=1S/C10H20O11P2/c1-2-3-4-21-5-6(7(9(11)12)22(15,16)17)8(10(13)14)23(18,19)20/h6-8H,2-5H2,1H3,(H,11,12)(H,13,14)(H2,15,16,17)(H2,18,19,20). The average Bonchev–Trinajstić information content (AvgIpc) is 2.29. The molecule has 0 saturated heterocycles. The van der Waals surface area contributed by atoms with Crippen molar-refractivity contribution in [2.24, 2.45) is 5.92 Å². The van der Waals surface area contributed by atoms with Crippen LogP contribution in [0.3, 0.4) is 0 Å². The Labute approximate surface area is 131 Å². The molecule has 2 unspecified atom stereocenters. The first-order valence-electron chi connectivity index (χ1n) is 6.47. The van der Waals surface area contributed by atoms with Gasteiger partial charge in [-0.3, -0.25) is 18.7 Å². The van der Waals surface area contributed by atoms with Crippen molar-refractivity contribution in [3.8, 4) is 0 Å². The number of ether oxygens (including phenoxy) is 1. The van der Waals surface area contributed by atoms with E-state index in [9.17, 15) is 18.7 Å². The molecular formula is C10H20O11P2. The summed E-state index contributed by atoms with van der Waals surface area (Å²) in [5.41, 5.74) is -5.23. The second-order valence-electron chi connectivity index (χ2n) is 4.84. The maximum absolute atomic E-state index is 11.4. The third-order valence-electron chi connectivity index (χ3n) is 2.99. The second-order valence-corrected chi connectivity index (χ2v) is 8.31. The van der Waals surface area contributed by atoms with Crippen molar-refractivity contribution < 1.29 is 53.2 Å². The summed E-state index contributed by atoms with van der Waals surface area (Å²) < 4.78 is 27.7. The van der Waals surface area contributed by atoms with Gasteiger partial charge in [-0.2, -0.15) is 0 Å². The van der Waals surface area contributed by atoms with Crippen LogP contribution in [0, 0.1) is 5.92 Å². The van der Waals surface area contributed by atoms with E-state index in [2.05, 4.69) is 0 Å². The number of hydrogen-bond acceptors (Lipinski definition) is 5. The Balaban J connectivity index is 5.77. The van der Waals surface area contributed by atoms with Gasteiger partial charge in [-0.05, 0) is 6.42 Å². The SMILES string of the molecule is CCCCOCC(C(C(=O)O)P(=O)(O)O)C(C(=O)O)P(=O)(O)O. The molecule has 0 amide bonds. The van der Waals surface area contributed by atoms with Gasteiger partial charge in [-0.25, -0.2) is 0 Å². The van der Waals surface area contributed by atoms with Gasteiger partial charge in [-0.15, -0.1) is 0 Å². The Kier molecular flexibility index (Phi) is 8.58. The van der Waals surface area contributed by atoms with Crippen molar-refractivity contribution in [3.63, 3.8) is 0 Å². The van der Waals surface area contributed by atoms with Crippen molar-refractivity contribution in [1.82, 2.24) is 0 Å². The predicted octanol–water partition coefficient (Wildman–Crippen LogP) is -0.319. The molecular weight excluding hydrogens is 358 g/mol. The number of unbranched alkanes of at least 4 members (excludes halogenated alkanes) is 1. The van der Waals surface area contributed by atoms with E-state index in [4.69, 9.17) is 34.5 Å². The first kappa shape index (κ1) is 22.2. The van der Waals surface area contributed by atoms with E-state index in [1.165, 1.54) is 0 Å². The summed E-state index contributed by atoms with van der Waals surface area (Å²) in [5.74, 6) is -6.24. The minimum atomic E-state index is -5.39. The predicted molar refractivity (Wildman–Crippen MR) is 76.2 cm³/mol. The van der Waals surface area contributed by atoms with Gasteiger partial charge in [0.05, 0.1) is 6.61 Å². The molecule has 0 aromatic rings. The molecule has 0 rings (SSSR count). The summed E-state index contributed by atoms with van der Waals surface area (Å²) in [4.78, 5) is 58.9. The highest BCUT2D eigenvalue weighted by Crippen LogP contribution is 2.53. The fourth-order valence-electron chi connectivity index (χ4n) is 1.97. The summed E-state index contributed by atoms with van der Waals surface area (Å²) in [5, 5.41) is 18.0. The molecule has 0 aliphatic rings. The van der Waals surface area contributed by atoms with E-state index in [-0.39, 0.29) is 6.61 Å². The zero-order valence-corrected chi connectivity index (χ0v) is 14.0. The molecule has 0 saturated carbocycles. The Morgan fingerprint density at radius 2 is 1.35 bits per heavy atom. The maximum atomic E-state index is 11.4. The van der Waals surface area contributed by atoms with Crippen molar-refractivity contribution >= 4 is 27.1 Å². The van der Waals surface area contributed by atoms with E-state index in [1.54, 1.807) is 6.92 Å². The molecule has 0 fully saturated rings. The van der Waals surface area contributed by atoms with Gasteiger partial charge in [-0.1, -0.05) is 13.3 Å². The van der Waals surface area contributed by atoms with Crippen molar-refractivity contribution in [3.05, 3.63) is 0 Å². The van der Waals surface area contributed by atoms with Crippen LogP contribution in [0.5, 0.6) is 0 Å². The molecule has 6 N–H and O–H groups in total. The van der Waals surface area contributed by atoms with Gasteiger partial charge in [0.15, 0.2) is 11.3 Å². The number of carboxylic acids is 2. The Bertz CT molecular complexity index is 467. The van der Waals surface area contributed by atoms with Gasteiger partial charge in [0.2, 0.25) is 0 Å². The monoisotopic (exact) mass is 378 g/mol. The minimum Gasteiger partial charge on any atom is -0.481 e. The van der Waals surface area contributed by atoms with Crippen LogP contribution in [0.15, 0.2) is 0 Å². The fraction of sp³-hybridized carbons (Fsp3) is 0.800. The van der Waals surface area contributed by atoms with Crippen molar-refractivity contribution in [2.75, 3.05) is 13.2 Å². The van der Waals surface area contributed by atoms with Crippen molar-refractivity contribution in [1.29, 1.82) is 0 Å². The van der Waals surface area contributed by atoms with Crippen LogP contribution in [-0.4, -0.2) is 66.3 Å². The Morgan fingerprint density at radius 3 is 1.61 bits per heavy atom. The van der Waals surface area contributed by atoms with E-state index < -0.39 is 51.0 Å². The van der Waals surface area contributed by atoms with Crippen LogP contribution >= 0.6 is 15.2 Å². The quantitative estimate of drug-likeness (QED) is 0.203. The minimum absolute atomic E-state index is 0.0218. The van der Waals surface area contributed by atoms with E-state index in [1.807, 2.05) is 0 Å². The zero-order chi connectivity index (χ0) is 18.4. The molecule has 23 heavy (non-hydrogen) atoms. The first-order valence-corrected chi connectivity index (χ1v) is 9.84. The number of rotatable bonds is 11. The summed E-state index contributed by atoms with van der Waals surface area (Å²) in [7, 11) is -10.8. The van der Waals surface area contributed by atoms with E-state index in [0.717, 1.165) is 0 Å². The molecule has 0 aliphatic carbocycles. The summed E-state index contributed by atoms with van der Waals surface area (Å²) in [6.07, 6.45) is 1.17. The molecule has 0 bridgehead atoms. The van der Waals surface area contributed by atoms with Gasteiger partial charge in [0.1, 0.15) is 0 Å². The molecule has 0 heterocycles. The number of aliphatic carboxylic acids is 2. The Hall–Kier alpha value is -0.800. The molecule has 136 valence electrons. The molecule has 2 atom stereocenters. The molecule has 0 aromatic heterocycles. The lowest BCUT2D eigenvalue weighted by Crippen LogP contribution is -2.43. The summed E-state index contributed by atoms with van der Waals surface area (Å²) in [6, 6.07) is 0. The normalized spacial score (nSPS) is 16.6. The van der Waals surface area contributed by atoms with Crippen LogP contribution in [-0.2, 0) is 23.5 Å². The Morgan fingerprint density at radius 1 is 0.957 bits per heavy atom. The van der Waals surface area contributed by atoms with Gasteiger partial charge >= 0.3 is 27.1 Å². The number of carboxylic acid groups (broad SMARTS) is 2. The van der Waals surface area contributed by atoms with Gasteiger partial charge in [0.25, 0.3) is 0 Å². The zero-order valence-electron chi connectivity index (χ0n) is 12.2. The lowest BCUT2D eigenvalue weighted by Gasteiger charge is -2.29. The summed E-state index contributed by atoms with van der Waals surface area (Å²) in [6.45, 7) is 0.990. The first-order chi connectivity index (χ1) is 10.3. The topological polar surface area (TPSA) is 199 Å². The van der Waals surface area contributed by atoms with Gasteiger partial charge < -0.3 is 34.5 Å². The average molecular weight is 378 g/mol. The highest BCUT2D eigenvalue weighted by molar-refractivity contribution is 7.55. The van der Waals surface area contributed by atoms with Crippen LogP contribution in [0.25, 0.3) is 0 Å². The molecule has 0 spiro atoms.